The summed E-state index contributed by atoms with van der Waals surface area (Å²) in [6.07, 6.45) is 5.53. The maximum Gasteiger partial charge on any atom is 0.251 e. The van der Waals surface area contributed by atoms with Gasteiger partial charge in [0.25, 0.3) is 5.91 Å². The number of nitrogens with zero attached hydrogens (tertiary/aromatic N) is 2. The molecule has 0 saturated heterocycles. The molecule has 3 rings (SSSR count). The molecular weight excluding hydrogens is 320 g/mol. The third-order valence-electron chi connectivity index (χ3n) is 4.79. The van der Waals surface area contributed by atoms with E-state index in [0.717, 1.165) is 42.5 Å². The van der Waals surface area contributed by atoms with E-state index in [-0.39, 0.29) is 11.8 Å². The molecule has 1 saturated carbocycles. The zero-order chi connectivity index (χ0) is 17.1. The van der Waals surface area contributed by atoms with E-state index in [0.29, 0.717) is 6.61 Å². The Labute approximate surface area is 147 Å². The molecule has 1 aromatic carbocycles. The summed E-state index contributed by atoms with van der Waals surface area (Å²) >= 11 is 1.62. The molecule has 0 atom stereocenters. The fourth-order valence-electron chi connectivity index (χ4n) is 3.53. The molecule has 0 radical (unpaired) electrons. The fraction of sp³-hybridized carbons (Fsp3) is 0.579. The first-order chi connectivity index (χ1) is 11.6. The van der Waals surface area contributed by atoms with Gasteiger partial charge in [-0.15, -0.1) is 0 Å². The second kappa shape index (κ2) is 7.62. The number of carbonyl (C=O) groups excluding carboxylic acids is 1. The van der Waals surface area contributed by atoms with Gasteiger partial charge < -0.3 is 9.30 Å². The zero-order valence-electron chi connectivity index (χ0n) is 14.8. The lowest BCUT2D eigenvalue weighted by atomic mass is 9.89. The van der Waals surface area contributed by atoms with Gasteiger partial charge in [-0.3, -0.25) is 4.79 Å². The van der Waals surface area contributed by atoms with Crippen LogP contribution in [0.1, 0.15) is 43.2 Å². The summed E-state index contributed by atoms with van der Waals surface area (Å²) in [6.45, 7) is 5.56. The van der Waals surface area contributed by atoms with Crippen molar-refractivity contribution in [2.45, 2.75) is 52.5 Å². The number of amides is 1. The van der Waals surface area contributed by atoms with Gasteiger partial charge in [0.05, 0.1) is 16.8 Å². The first-order valence-electron chi connectivity index (χ1n) is 8.78. The van der Waals surface area contributed by atoms with Gasteiger partial charge >= 0.3 is 0 Å². The highest BCUT2D eigenvalue weighted by molar-refractivity contribution is 7.16. The van der Waals surface area contributed by atoms with Crippen molar-refractivity contribution in [3.05, 3.63) is 28.1 Å². The summed E-state index contributed by atoms with van der Waals surface area (Å²) in [4.78, 5) is 18.0. The maximum atomic E-state index is 12.6. The van der Waals surface area contributed by atoms with Crippen molar-refractivity contribution in [3.63, 3.8) is 0 Å². The van der Waals surface area contributed by atoms with E-state index in [9.17, 15) is 4.79 Å². The topological polar surface area (TPSA) is 43.6 Å². The van der Waals surface area contributed by atoms with Crippen molar-refractivity contribution >= 4 is 27.5 Å². The lowest BCUT2D eigenvalue weighted by molar-refractivity contribution is -0.122. The molecule has 1 fully saturated rings. The normalized spacial score (nSPS) is 16.9. The van der Waals surface area contributed by atoms with Gasteiger partial charge in [0, 0.05) is 19.6 Å². The van der Waals surface area contributed by atoms with Crippen LogP contribution in [0.2, 0.25) is 0 Å². The van der Waals surface area contributed by atoms with Crippen LogP contribution < -0.4 is 4.80 Å². The van der Waals surface area contributed by atoms with Gasteiger partial charge in [-0.2, -0.15) is 4.99 Å². The second-order valence-electron chi connectivity index (χ2n) is 6.74. The molecule has 5 heteroatoms. The van der Waals surface area contributed by atoms with Crippen LogP contribution in [0, 0.1) is 19.8 Å². The van der Waals surface area contributed by atoms with Crippen LogP contribution in [0.3, 0.4) is 0 Å². The van der Waals surface area contributed by atoms with Crippen molar-refractivity contribution in [2.75, 3.05) is 13.7 Å². The van der Waals surface area contributed by atoms with E-state index in [2.05, 4.69) is 35.5 Å². The molecule has 130 valence electrons. The Bertz CT molecular complexity index is 798. The molecule has 0 aliphatic heterocycles. The second-order valence-corrected chi connectivity index (χ2v) is 7.72. The third-order valence-corrected chi connectivity index (χ3v) is 6.02. The number of hydrogen-bond acceptors (Lipinski definition) is 3. The average molecular weight is 346 g/mol. The number of methoxy groups -OCH3 is 1. The molecule has 1 aromatic heterocycles. The van der Waals surface area contributed by atoms with Crippen LogP contribution in [-0.4, -0.2) is 24.2 Å². The molecular formula is C19H26N2O2S. The van der Waals surface area contributed by atoms with Gasteiger partial charge in [0.2, 0.25) is 0 Å². The van der Waals surface area contributed by atoms with E-state index in [4.69, 9.17) is 4.74 Å². The van der Waals surface area contributed by atoms with Crippen LogP contribution >= 0.6 is 11.3 Å². The van der Waals surface area contributed by atoms with Gasteiger partial charge in [-0.05, 0) is 43.9 Å². The van der Waals surface area contributed by atoms with Gasteiger partial charge in [-0.25, -0.2) is 0 Å². The maximum absolute atomic E-state index is 12.6. The van der Waals surface area contributed by atoms with E-state index in [1.54, 1.807) is 18.4 Å². The van der Waals surface area contributed by atoms with E-state index in [1.807, 2.05) is 0 Å². The standard InChI is InChI=1S/C19H26N2O2S/c1-13-11-14(2)17-16(12-13)21(9-10-23-3)19(24-17)20-18(22)15-7-5-4-6-8-15/h11-12,15H,4-10H2,1-3H3. The predicted octanol–water partition coefficient (Wildman–Crippen LogP) is 3.97. The molecule has 0 spiro atoms. The van der Waals surface area contributed by atoms with Crippen LogP contribution in [0.15, 0.2) is 17.1 Å². The third kappa shape index (κ3) is 3.62. The monoisotopic (exact) mass is 346 g/mol. The first-order valence-corrected chi connectivity index (χ1v) is 9.60. The summed E-state index contributed by atoms with van der Waals surface area (Å²) in [5, 5.41) is 0. The van der Waals surface area contributed by atoms with Crippen LogP contribution in [0.25, 0.3) is 10.2 Å². The van der Waals surface area contributed by atoms with Crippen molar-refractivity contribution < 1.29 is 9.53 Å². The summed E-state index contributed by atoms with van der Waals surface area (Å²) < 4.78 is 8.62. The molecule has 2 aromatic rings. The van der Waals surface area contributed by atoms with E-state index in [1.165, 1.54) is 22.2 Å². The average Bonchev–Trinajstić information content (AvgIpc) is 2.91. The molecule has 1 amide bonds. The highest BCUT2D eigenvalue weighted by Gasteiger charge is 2.21. The van der Waals surface area contributed by atoms with Crippen molar-refractivity contribution in [2.24, 2.45) is 10.9 Å². The van der Waals surface area contributed by atoms with E-state index < -0.39 is 0 Å². The minimum Gasteiger partial charge on any atom is -0.383 e. The Morgan fingerprint density at radius 1 is 1.29 bits per heavy atom. The molecule has 24 heavy (non-hydrogen) atoms. The van der Waals surface area contributed by atoms with Gasteiger partial charge in [-0.1, -0.05) is 36.7 Å². The highest BCUT2D eigenvalue weighted by atomic mass is 32.1. The van der Waals surface area contributed by atoms with Crippen LogP contribution in [-0.2, 0) is 16.1 Å². The molecule has 0 N–H and O–H groups in total. The number of ether oxygens (including phenoxy) is 1. The minimum absolute atomic E-state index is 0.0572. The number of rotatable bonds is 4. The number of benzene rings is 1. The molecule has 1 heterocycles. The largest absolute Gasteiger partial charge is 0.383 e. The first kappa shape index (κ1) is 17.4. The Kier molecular flexibility index (Phi) is 5.51. The van der Waals surface area contributed by atoms with E-state index >= 15 is 0 Å². The zero-order valence-corrected chi connectivity index (χ0v) is 15.6. The highest BCUT2D eigenvalue weighted by Crippen LogP contribution is 2.26. The molecule has 0 bridgehead atoms. The number of hydrogen-bond donors (Lipinski definition) is 0. The Morgan fingerprint density at radius 2 is 2.04 bits per heavy atom. The number of thiazole rings is 1. The van der Waals surface area contributed by atoms with Crippen molar-refractivity contribution in [1.82, 2.24) is 4.57 Å². The summed E-state index contributed by atoms with van der Waals surface area (Å²) in [6, 6.07) is 4.37. The molecule has 1 aliphatic rings. The smallest absolute Gasteiger partial charge is 0.251 e. The number of aromatic nitrogens is 1. The number of aryl methyl sites for hydroxylation is 2. The van der Waals surface area contributed by atoms with Crippen LogP contribution in [0.5, 0.6) is 0 Å². The van der Waals surface area contributed by atoms with Crippen molar-refractivity contribution in [3.8, 4) is 0 Å². The Morgan fingerprint density at radius 3 is 2.75 bits per heavy atom. The lowest BCUT2D eigenvalue weighted by Crippen LogP contribution is -2.23. The number of carbonyl (C=O) groups is 1. The summed E-state index contributed by atoms with van der Waals surface area (Å²) in [7, 11) is 1.70. The predicted molar refractivity (Wildman–Crippen MR) is 98.3 cm³/mol. The summed E-state index contributed by atoms with van der Waals surface area (Å²) in [5.41, 5.74) is 3.63. The Hall–Kier alpha value is -1.46. The van der Waals surface area contributed by atoms with Gasteiger partial charge in [0.1, 0.15) is 0 Å². The summed E-state index contributed by atoms with van der Waals surface area (Å²) in [5.74, 6) is 0.171. The molecule has 4 nitrogen and oxygen atoms in total. The molecule has 0 unspecified atom stereocenters. The van der Waals surface area contributed by atoms with Gasteiger partial charge in [0.15, 0.2) is 4.80 Å². The Balaban J connectivity index is 2.06. The number of fused-ring (bicyclic) bond motifs is 1. The SMILES string of the molecule is COCCn1c(=NC(=O)C2CCCCC2)sc2c(C)cc(C)cc21. The quantitative estimate of drug-likeness (QED) is 0.840. The lowest BCUT2D eigenvalue weighted by Gasteiger charge is -2.17. The van der Waals surface area contributed by atoms with Crippen molar-refractivity contribution in [1.29, 1.82) is 0 Å². The minimum atomic E-state index is 0.0572. The van der Waals surface area contributed by atoms with Crippen LogP contribution in [0.4, 0.5) is 0 Å². The molecule has 1 aliphatic carbocycles. The fourth-order valence-corrected chi connectivity index (χ4v) is 4.64.